The number of rotatable bonds is 6. The Labute approximate surface area is 142 Å². The molecule has 24 heavy (non-hydrogen) atoms. The molecule has 0 bridgehead atoms. The molecule has 1 atom stereocenters. The van der Waals surface area contributed by atoms with E-state index in [1.165, 1.54) is 5.56 Å². The highest BCUT2D eigenvalue weighted by Crippen LogP contribution is 2.13. The van der Waals surface area contributed by atoms with Gasteiger partial charge in [-0.15, -0.1) is 0 Å². The summed E-state index contributed by atoms with van der Waals surface area (Å²) in [6.45, 7) is 6.20. The second-order valence-electron chi connectivity index (χ2n) is 6.01. The van der Waals surface area contributed by atoms with Gasteiger partial charge in [0.2, 0.25) is 5.91 Å². The van der Waals surface area contributed by atoms with Crippen molar-refractivity contribution in [2.45, 2.75) is 19.4 Å². The first kappa shape index (κ1) is 18.2. The lowest BCUT2D eigenvalue weighted by Gasteiger charge is -2.37. The van der Waals surface area contributed by atoms with Gasteiger partial charge in [-0.05, 0) is 31.0 Å². The molecule has 1 aliphatic heterocycles. The molecule has 3 N–H and O–H groups in total. The quantitative estimate of drug-likeness (QED) is 0.788. The number of nitrogens with two attached hydrogens (primary N) is 1. The van der Waals surface area contributed by atoms with Crippen LogP contribution in [0.2, 0.25) is 0 Å². The summed E-state index contributed by atoms with van der Waals surface area (Å²) in [6, 6.07) is 6.99. The third-order valence-corrected chi connectivity index (χ3v) is 4.46. The van der Waals surface area contributed by atoms with Crippen molar-refractivity contribution in [3.05, 3.63) is 29.8 Å². The van der Waals surface area contributed by atoms with Crippen LogP contribution in [-0.4, -0.2) is 67.6 Å². The Balaban J connectivity index is 1.74. The third kappa shape index (κ3) is 5.21. The number of nitrogens with one attached hydrogen (secondary N) is 1. The number of primary amides is 1. The molecule has 1 aromatic carbocycles. The average molecular weight is 334 g/mol. The molecule has 132 valence electrons. The first-order valence-corrected chi connectivity index (χ1v) is 8.19. The number of carbonyl (C=O) groups is 2. The van der Waals surface area contributed by atoms with E-state index in [0.29, 0.717) is 0 Å². The highest BCUT2D eigenvalue weighted by Gasteiger charge is 2.25. The van der Waals surface area contributed by atoms with Crippen molar-refractivity contribution in [1.82, 2.24) is 15.1 Å². The molecule has 3 amide bonds. The molecule has 7 heteroatoms. The lowest BCUT2D eigenvalue weighted by atomic mass is 10.1. The van der Waals surface area contributed by atoms with E-state index >= 15 is 0 Å². The van der Waals surface area contributed by atoms with Crippen LogP contribution in [0.25, 0.3) is 0 Å². The minimum atomic E-state index is -0.801. The molecular formula is C17H26N4O3. The monoisotopic (exact) mass is 334 g/mol. The smallest absolute Gasteiger partial charge is 0.318 e. The maximum Gasteiger partial charge on any atom is 0.318 e. The Morgan fingerprint density at radius 2 is 1.83 bits per heavy atom. The van der Waals surface area contributed by atoms with E-state index in [1.54, 1.807) is 14.0 Å². The highest BCUT2D eigenvalue weighted by molar-refractivity contribution is 5.96. The summed E-state index contributed by atoms with van der Waals surface area (Å²) >= 11 is 0. The Kier molecular flexibility index (Phi) is 6.57. The zero-order valence-corrected chi connectivity index (χ0v) is 14.3. The number of amides is 3. The van der Waals surface area contributed by atoms with Gasteiger partial charge in [-0.3, -0.25) is 15.0 Å². The second-order valence-corrected chi connectivity index (χ2v) is 6.01. The summed E-state index contributed by atoms with van der Waals surface area (Å²) in [7, 11) is 1.67. The van der Waals surface area contributed by atoms with Crippen LogP contribution in [0.5, 0.6) is 5.75 Å². The lowest BCUT2D eigenvalue weighted by molar-refractivity contribution is -0.125. The van der Waals surface area contributed by atoms with Crippen molar-refractivity contribution in [3.63, 3.8) is 0 Å². The van der Waals surface area contributed by atoms with Gasteiger partial charge in [0.05, 0.1) is 13.2 Å². The van der Waals surface area contributed by atoms with E-state index in [-0.39, 0.29) is 11.9 Å². The van der Waals surface area contributed by atoms with Crippen LogP contribution in [-0.2, 0) is 11.2 Å². The molecule has 0 aliphatic carbocycles. The van der Waals surface area contributed by atoms with Crippen LogP contribution < -0.4 is 15.8 Å². The number of carbonyl (C=O) groups excluding carboxylic acids is 2. The van der Waals surface area contributed by atoms with Crippen molar-refractivity contribution >= 4 is 11.9 Å². The molecule has 0 aromatic heterocycles. The Bertz CT molecular complexity index is 553. The van der Waals surface area contributed by atoms with E-state index < -0.39 is 6.03 Å². The van der Waals surface area contributed by atoms with Crippen LogP contribution in [0.4, 0.5) is 4.79 Å². The summed E-state index contributed by atoms with van der Waals surface area (Å²) in [6.07, 6.45) is 0.988. The minimum absolute atomic E-state index is 0.339. The predicted octanol–water partition coefficient (Wildman–Crippen LogP) is 0.439. The Hall–Kier alpha value is -2.12. The first-order valence-electron chi connectivity index (χ1n) is 8.19. The highest BCUT2D eigenvalue weighted by atomic mass is 16.5. The van der Waals surface area contributed by atoms with E-state index in [0.717, 1.165) is 44.9 Å². The number of urea groups is 1. The number of methoxy groups -OCH3 is 1. The maximum absolute atomic E-state index is 11.8. The summed E-state index contributed by atoms with van der Waals surface area (Å²) in [5, 5.41) is 2.14. The fraction of sp³-hybridized carbons (Fsp3) is 0.529. The molecule has 0 saturated carbocycles. The van der Waals surface area contributed by atoms with Crippen molar-refractivity contribution in [3.8, 4) is 5.75 Å². The van der Waals surface area contributed by atoms with E-state index in [2.05, 4.69) is 27.2 Å². The predicted molar refractivity (Wildman–Crippen MR) is 91.9 cm³/mol. The van der Waals surface area contributed by atoms with Crippen LogP contribution >= 0.6 is 0 Å². The summed E-state index contributed by atoms with van der Waals surface area (Å²) in [4.78, 5) is 27.0. The van der Waals surface area contributed by atoms with Crippen molar-refractivity contribution < 1.29 is 14.3 Å². The summed E-state index contributed by atoms with van der Waals surface area (Å²) < 4.78 is 5.16. The van der Waals surface area contributed by atoms with Gasteiger partial charge in [0, 0.05) is 32.7 Å². The molecule has 1 fully saturated rings. The molecule has 1 aliphatic rings. The largest absolute Gasteiger partial charge is 0.497 e. The van der Waals surface area contributed by atoms with Crippen molar-refractivity contribution in [1.29, 1.82) is 0 Å². The van der Waals surface area contributed by atoms with Gasteiger partial charge in [0.1, 0.15) is 5.75 Å². The number of nitrogens with zero attached hydrogens (tertiary/aromatic N) is 2. The summed E-state index contributed by atoms with van der Waals surface area (Å²) in [5.74, 6) is 0.532. The van der Waals surface area contributed by atoms with Gasteiger partial charge < -0.3 is 15.4 Å². The fourth-order valence-corrected chi connectivity index (χ4v) is 2.85. The standard InChI is InChI=1S/C17H26N4O3/c1-13(16(22)19-17(18)23)21-11-9-20(10-12-21)8-7-14-3-5-15(24-2)6-4-14/h3-6,13H,7-12H2,1-2H3,(H3,18,19,22,23)/t13-/m1/s1. The van der Waals surface area contributed by atoms with Crippen molar-refractivity contribution in [2.24, 2.45) is 5.73 Å². The van der Waals surface area contributed by atoms with E-state index in [9.17, 15) is 9.59 Å². The molecule has 0 unspecified atom stereocenters. The molecule has 1 aromatic rings. The van der Waals surface area contributed by atoms with Gasteiger partial charge in [0.15, 0.2) is 0 Å². The topological polar surface area (TPSA) is 87.9 Å². The fourth-order valence-electron chi connectivity index (χ4n) is 2.85. The maximum atomic E-state index is 11.8. The number of hydrogen-bond acceptors (Lipinski definition) is 5. The van der Waals surface area contributed by atoms with Crippen LogP contribution in [0.3, 0.4) is 0 Å². The molecule has 7 nitrogen and oxygen atoms in total. The van der Waals surface area contributed by atoms with Crippen LogP contribution in [0, 0.1) is 0 Å². The summed E-state index contributed by atoms with van der Waals surface area (Å²) in [5.41, 5.74) is 6.27. The van der Waals surface area contributed by atoms with Crippen LogP contribution in [0.15, 0.2) is 24.3 Å². The number of benzene rings is 1. The van der Waals surface area contributed by atoms with Gasteiger partial charge >= 0.3 is 6.03 Å². The van der Waals surface area contributed by atoms with E-state index in [1.807, 2.05) is 12.1 Å². The second kappa shape index (κ2) is 8.65. The Morgan fingerprint density at radius 3 is 2.38 bits per heavy atom. The number of piperazine rings is 1. The first-order chi connectivity index (χ1) is 11.5. The SMILES string of the molecule is COc1ccc(CCN2CCN([C@H](C)C(=O)NC(N)=O)CC2)cc1. The van der Waals surface area contributed by atoms with Gasteiger partial charge in [-0.1, -0.05) is 12.1 Å². The van der Waals surface area contributed by atoms with Gasteiger partial charge in [-0.2, -0.15) is 0 Å². The number of hydrogen-bond donors (Lipinski definition) is 2. The molecular weight excluding hydrogens is 308 g/mol. The van der Waals surface area contributed by atoms with Crippen molar-refractivity contribution in [2.75, 3.05) is 39.8 Å². The van der Waals surface area contributed by atoms with Gasteiger partial charge in [0.25, 0.3) is 0 Å². The zero-order chi connectivity index (χ0) is 17.5. The van der Waals surface area contributed by atoms with E-state index in [4.69, 9.17) is 10.5 Å². The van der Waals surface area contributed by atoms with Gasteiger partial charge in [-0.25, -0.2) is 4.79 Å². The normalized spacial score (nSPS) is 17.2. The molecule has 1 saturated heterocycles. The lowest BCUT2D eigenvalue weighted by Crippen LogP contribution is -2.55. The molecule has 2 rings (SSSR count). The molecule has 0 spiro atoms. The molecule has 1 heterocycles. The number of imide groups is 1. The number of ether oxygens (including phenoxy) is 1. The Morgan fingerprint density at radius 1 is 1.21 bits per heavy atom. The average Bonchev–Trinajstić information content (AvgIpc) is 2.59. The third-order valence-electron chi connectivity index (χ3n) is 4.46. The molecule has 0 radical (unpaired) electrons. The minimum Gasteiger partial charge on any atom is -0.497 e. The van der Waals surface area contributed by atoms with Crippen LogP contribution in [0.1, 0.15) is 12.5 Å². The zero-order valence-electron chi connectivity index (χ0n) is 14.3.